The number of urea groups is 1. The van der Waals surface area contributed by atoms with Crippen LogP contribution in [0, 0.1) is 5.82 Å². The van der Waals surface area contributed by atoms with E-state index in [1.165, 1.54) is 24.3 Å². The van der Waals surface area contributed by atoms with Crippen molar-refractivity contribution in [3.63, 3.8) is 0 Å². The number of unbranched alkanes of at least 4 members (excludes halogenated alkanes) is 1. The highest BCUT2D eigenvalue weighted by atomic mass is 32.2. The first-order valence-corrected chi connectivity index (χ1v) is 9.24. The largest absolute Gasteiger partial charge is 0.480 e. The molecule has 0 aliphatic heterocycles. The van der Waals surface area contributed by atoms with Gasteiger partial charge in [-0.3, -0.25) is 10.1 Å². The maximum atomic E-state index is 12.8. The van der Waals surface area contributed by atoms with Crippen LogP contribution in [-0.2, 0) is 4.79 Å². The van der Waals surface area contributed by atoms with E-state index in [1.54, 1.807) is 0 Å². The van der Waals surface area contributed by atoms with Gasteiger partial charge in [-0.15, -0.1) is 10.2 Å². The van der Waals surface area contributed by atoms with E-state index in [-0.39, 0.29) is 5.13 Å². The molecular formula is C15H17FN4O3S2. The summed E-state index contributed by atoms with van der Waals surface area (Å²) >= 11 is 2.22. The Balaban J connectivity index is 1.90. The van der Waals surface area contributed by atoms with Crippen LogP contribution in [-0.4, -0.2) is 32.6 Å². The van der Waals surface area contributed by atoms with Gasteiger partial charge in [0.25, 0.3) is 0 Å². The Morgan fingerprint density at radius 1 is 1.28 bits per heavy atom. The van der Waals surface area contributed by atoms with Crippen LogP contribution in [0.15, 0.2) is 28.6 Å². The van der Waals surface area contributed by atoms with E-state index in [4.69, 9.17) is 0 Å². The molecule has 2 rings (SSSR count). The van der Waals surface area contributed by atoms with Gasteiger partial charge in [-0.2, -0.15) is 0 Å². The SMILES string of the molecule is CCCC[C@@H](Sc1nnc(NC(=O)Nc2ccc(F)cc2)s1)C(=O)O. The molecule has 0 saturated heterocycles. The summed E-state index contributed by atoms with van der Waals surface area (Å²) in [6.07, 6.45) is 2.27. The van der Waals surface area contributed by atoms with Gasteiger partial charge in [0.1, 0.15) is 11.1 Å². The van der Waals surface area contributed by atoms with Crippen molar-refractivity contribution in [2.45, 2.75) is 35.8 Å². The van der Waals surface area contributed by atoms with Crippen LogP contribution in [0.1, 0.15) is 26.2 Å². The summed E-state index contributed by atoms with van der Waals surface area (Å²) in [5.74, 6) is -1.29. The molecule has 0 unspecified atom stereocenters. The number of hydrogen-bond acceptors (Lipinski definition) is 6. The van der Waals surface area contributed by atoms with Gasteiger partial charge in [-0.05, 0) is 30.7 Å². The molecule has 1 aromatic carbocycles. The zero-order chi connectivity index (χ0) is 18.2. The van der Waals surface area contributed by atoms with Crippen molar-refractivity contribution in [2.75, 3.05) is 10.6 Å². The van der Waals surface area contributed by atoms with Crippen molar-refractivity contribution in [3.8, 4) is 0 Å². The van der Waals surface area contributed by atoms with Crippen LogP contribution in [0.25, 0.3) is 0 Å². The first-order chi connectivity index (χ1) is 12.0. The lowest BCUT2D eigenvalue weighted by Crippen LogP contribution is -2.19. The monoisotopic (exact) mass is 384 g/mol. The quantitative estimate of drug-likeness (QED) is 0.468. The maximum absolute atomic E-state index is 12.8. The summed E-state index contributed by atoms with van der Waals surface area (Å²) in [4.78, 5) is 23.1. The molecule has 1 atom stereocenters. The van der Waals surface area contributed by atoms with Crippen molar-refractivity contribution in [1.82, 2.24) is 10.2 Å². The van der Waals surface area contributed by atoms with Gasteiger partial charge in [-0.25, -0.2) is 9.18 Å². The molecule has 0 spiro atoms. The fraction of sp³-hybridized carbons (Fsp3) is 0.333. The number of carbonyl (C=O) groups is 2. The van der Waals surface area contributed by atoms with Gasteiger partial charge in [0.15, 0.2) is 4.34 Å². The number of carbonyl (C=O) groups excluding carboxylic acids is 1. The minimum Gasteiger partial charge on any atom is -0.480 e. The fourth-order valence-corrected chi connectivity index (χ4v) is 3.81. The number of carboxylic acid groups (broad SMARTS) is 1. The fourth-order valence-electron chi connectivity index (χ4n) is 1.84. The summed E-state index contributed by atoms with van der Waals surface area (Å²) in [7, 11) is 0. The third-order valence-electron chi connectivity index (χ3n) is 3.07. The number of nitrogens with zero attached hydrogens (tertiary/aromatic N) is 2. The number of anilines is 2. The van der Waals surface area contributed by atoms with Crippen molar-refractivity contribution < 1.29 is 19.1 Å². The van der Waals surface area contributed by atoms with E-state index >= 15 is 0 Å². The molecule has 7 nitrogen and oxygen atoms in total. The molecule has 3 N–H and O–H groups in total. The number of benzene rings is 1. The molecule has 1 aromatic heterocycles. The minimum atomic E-state index is -0.891. The molecule has 10 heteroatoms. The van der Waals surface area contributed by atoms with Crippen LogP contribution in [0.3, 0.4) is 0 Å². The highest BCUT2D eigenvalue weighted by Crippen LogP contribution is 2.31. The van der Waals surface area contributed by atoms with E-state index in [2.05, 4.69) is 20.8 Å². The van der Waals surface area contributed by atoms with Gasteiger partial charge in [0.2, 0.25) is 5.13 Å². The number of nitrogens with one attached hydrogen (secondary N) is 2. The second-order valence-corrected chi connectivity index (χ2v) is 7.47. The molecule has 2 aromatic rings. The Morgan fingerprint density at radius 2 is 2.00 bits per heavy atom. The van der Waals surface area contributed by atoms with E-state index < -0.39 is 23.1 Å². The Labute approximate surface area is 152 Å². The Morgan fingerprint density at radius 3 is 2.64 bits per heavy atom. The number of amides is 2. The summed E-state index contributed by atoms with van der Waals surface area (Å²) in [6, 6.07) is 4.79. The maximum Gasteiger partial charge on any atom is 0.325 e. The third kappa shape index (κ3) is 6.31. The lowest BCUT2D eigenvalue weighted by atomic mass is 10.2. The predicted octanol–water partition coefficient (Wildman–Crippen LogP) is 4.06. The Bertz CT molecular complexity index is 724. The zero-order valence-corrected chi connectivity index (χ0v) is 15.0. The Hall–Kier alpha value is -2.20. The molecule has 2 amide bonds. The normalized spacial score (nSPS) is 11.8. The van der Waals surface area contributed by atoms with Crippen molar-refractivity contribution in [2.24, 2.45) is 0 Å². The number of thioether (sulfide) groups is 1. The first kappa shape index (κ1) is 19.1. The van der Waals surface area contributed by atoms with Crippen LogP contribution >= 0.6 is 23.1 Å². The van der Waals surface area contributed by atoms with Gasteiger partial charge in [0.05, 0.1) is 0 Å². The zero-order valence-electron chi connectivity index (χ0n) is 13.4. The highest BCUT2D eigenvalue weighted by molar-refractivity contribution is 8.02. The number of aliphatic carboxylic acids is 1. The highest BCUT2D eigenvalue weighted by Gasteiger charge is 2.21. The predicted molar refractivity (Wildman–Crippen MR) is 95.8 cm³/mol. The van der Waals surface area contributed by atoms with Crippen LogP contribution in [0.5, 0.6) is 0 Å². The van der Waals surface area contributed by atoms with E-state index in [0.717, 1.165) is 35.9 Å². The number of halogens is 1. The van der Waals surface area contributed by atoms with Gasteiger partial charge >= 0.3 is 12.0 Å². The van der Waals surface area contributed by atoms with E-state index in [0.29, 0.717) is 16.4 Å². The lowest BCUT2D eigenvalue weighted by molar-refractivity contribution is -0.136. The second kappa shape index (κ2) is 9.33. The average molecular weight is 384 g/mol. The molecule has 134 valence electrons. The average Bonchev–Trinajstić information content (AvgIpc) is 3.00. The number of carboxylic acids is 1. The van der Waals surface area contributed by atoms with Crippen molar-refractivity contribution >= 4 is 45.9 Å². The van der Waals surface area contributed by atoms with Gasteiger partial charge < -0.3 is 10.4 Å². The van der Waals surface area contributed by atoms with Crippen LogP contribution < -0.4 is 10.6 Å². The molecule has 0 radical (unpaired) electrons. The van der Waals surface area contributed by atoms with Crippen molar-refractivity contribution in [1.29, 1.82) is 0 Å². The number of rotatable bonds is 8. The smallest absolute Gasteiger partial charge is 0.325 e. The van der Waals surface area contributed by atoms with E-state index in [9.17, 15) is 19.1 Å². The lowest BCUT2D eigenvalue weighted by Gasteiger charge is -2.08. The second-order valence-electron chi connectivity index (χ2n) is 5.05. The minimum absolute atomic E-state index is 0.252. The molecule has 0 bridgehead atoms. The van der Waals surface area contributed by atoms with Crippen LogP contribution in [0.2, 0.25) is 0 Å². The summed E-state index contributed by atoms with van der Waals surface area (Å²) < 4.78 is 13.3. The number of hydrogen-bond donors (Lipinski definition) is 3. The molecule has 25 heavy (non-hydrogen) atoms. The van der Waals surface area contributed by atoms with E-state index in [1.807, 2.05) is 6.92 Å². The topological polar surface area (TPSA) is 104 Å². The Kier molecular flexibility index (Phi) is 7.14. The molecule has 0 aliphatic rings. The molecule has 0 aliphatic carbocycles. The van der Waals surface area contributed by atoms with Crippen LogP contribution in [0.4, 0.5) is 20.0 Å². The van der Waals surface area contributed by atoms with Gasteiger partial charge in [-0.1, -0.05) is 42.9 Å². The molecule has 0 saturated carbocycles. The molecule has 1 heterocycles. The summed E-state index contributed by atoms with van der Waals surface area (Å²) in [5, 5.41) is 21.7. The summed E-state index contributed by atoms with van der Waals surface area (Å²) in [6.45, 7) is 2.00. The standard InChI is InChI=1S/C15H17FN4O3S2/c1-2-3-4-11(12(21)22)24-15-20-19-14(25-15)18-13(23)17-10-7-5-9(16)6-8-10/h5-8,11H,2-4H2,1H3,(H,21,22)(H2,17,18,19,23)/t11-/m1/s1. The first-order valence-electron chi connectivity index (χ1n) is 7.54. The summed E-state index contributed by atoms with van der Waals surface area (Å²) in [5.41, 5.74) is 0.434. The van der Waals surface area contributed by atoms with Crippen molar-refractivity contribution in [3.05, 3.63) is 30.1 Å². The molecular weight excluding hydrogens is 367 g/mol. The number of aromatic nitrogens is 2. The van der Waals surface area contributed by atoms with Gasteiger partial charge in [0, 0.05) is 5.69 Å². The third-order valence-corrected chi connectivity index (χ3v) is 5.24. The molecule has 0 fully saturated rings.